The maximum absolute atomic E-state index is 15.9. The SMILES string of the molecule is C[C@@H](Oc1ccc2[nH]nc(-c3cnc(N4CC(C)(N5CCCC5)C4)c(C#N)c3)c2c1F)c1c(Cl)cncc1Cl. The summed E-state index contributed by atoms with van der Waals surface area (Å²) in [6, 6.07) is 7.21. The molecule has 1 aromatic carbocycles. The van der Waals surface area contributed by atoms with Gasteiger partial charge in [0.1, 0.15) is 23.7 Å². The lowest BCUT2D eigenvalue weighted by molar-refractivity contribution is 0.101. The van der Waals surface area contributed by atoms with Crippen molar-refractivity contribution in [3.63, 3.8) is 0 Å². The molecule has 6 rings (SSSR count). The molecule has 4 aromatic rings. The summed E-state index contributed by atoms with van der Waals surface area (Å²) in [5.41, 5.74) is 2.43. The van der Waals surface area contributed by atoms with Crippen molar-refractivity contribution in [1.29, 1.82) is 5.26 Å². The maximum atomic E-state index is 15.9. The molecule has 200 valence electrons. The van der Waals surface area contributed by atoms with E-state index >= 15 is 4.39 Å². The Balaban J connectivity index is 1.29. The fraction of sp³-hybridized carbons (Fsp3) is 0.357. The van der Waals surface area contributed by atoms with Gasteiger partial charge in [0, 0.05) is 42.8 Å². The van der Waals surface area contributed by atoms with Gasteiger partial charge in [-0.05, 0) is 58.0 Å². The number of benzene rings is 1. The lowest BCUT2D eigenvalue weighted by atomic mass is 9.89. The van der Waals surface area contributed by atoms with Crippen LogP contribution in [0.15, 0.2) is 36.8 Å². The maximum Gasteiger partial charge on any atom is 0.176 e. The highest BCUT2D eigenvalue weighted by Gasteiger charge is 2.45. The van der Waals surface area contributed by atoms with Crippen molar-refractivity contribution in [2.45, 2.75) is 38.3 Å². The molecule has 5 heterocycles. The standard InChI is InChI=1S/C28H26Cl2FN7O/c1-16(23-19(29)12-33-13-20(23)30)39-22-6-5-21-24(25(22)31)26(36-35-21)18-9-17(10-32)27(34-11-18)37-14-28(2,15-37)38-7-3-4-8-38/h5-6,9,11-13,16H,3-4,7-8,14-15H2,1-2H3,(H,35,36)/t16-/m1/s1. The summed E-state index contributed by atoms with van der Waals surface area (Å²) in [4.78, 5) is 13.2. The number of anilines is 1. The zero-order valence-corrected chi connectivity index (χ0v) is 23.0. The van der Waals surface area contributed by atoms with Gasteiger partial charge in [-0.1, -0.05) is 23.2 Å². The largest absolute Gasteiger partial charge is 0.483 e. The molecular weight excluding hydrogens is 540 g/mol. The van der Waals surface area contributed by atoms with Gasteiger partial charge >= 0.3 is 0 Å². The molecule has 8 nitrogen and oxygen atoms in total. The predicted molar refractivity (Wildman–Crippen MR) is 149 cm³/mol. The van der Waals surface area contributed by atoms with E-state index in [-0.39, 0.29) is 16.7 Å². The minimum absolute atomic E-state index is 0.0217. The monoisotopic (exact) mass is 565 g/mol. The molecule has 2 aliphatic rings. The molecule has 0 saturated carbocycles. The summed E-state index contributed by atoms with van der Waals surface area (Å²) in [7, 11) is 0. The van der Waals surface area contributed by atoms with Crippen LogP contribution >= 0.6 is 23.2 Å². The third-order valence-electron chi connectivity index (χ3n) is 7.72. The first kappa shape index (κ1) is 25.8. The predicted octanol–water partition coefficient (Wildman–Crippen LogP) is 6.15. The van der Waals surface area contributed by atoms with Gasteiger partial charge in [0.25, 0.3) is 0 Å². The number of hydrogen-bond acceptors (Lipinski definition) is 7. The van der Waals surface area contributed by atoms with Crippen LogP contribution in [0.2, 0.25) is 10.0 Å². The van der Waals surface area contributed by atoms with Crippen LogP contribution in [-0.4, -0.2) is 56.8 Å². The molecule has 0 amide bonds. The first-order valence-corrected chi connectivity index (χ1v) is 13.6. The molecule has 0 radical (unpaired) electrons. The zero-order chi connectivity index (χ0) is 27.3. The number of aromatic nitrogens is 4. The lowest BCUT2D eigenvalue weighted by Crippen LogP contribution is -2.68. The van der Waals surface area contributed by atoms with Gasteiger partial charge < -0.3 is 9.64 Å². The molecule has 0 unspecified atom stereocenters. The van der Waals surface area contributed by atoms with E-state index in [4.69, 9.17) is 27.9 Å². The van der Waals surface area contributed by atoms with Crippen LogP contribution in [0, 0.1) is 17.1 Å². The molecule has 0 spiro atoms. The summed E-state index contributed by atoms with van der Waals surface area (Å²) in [5.74, 6) is 0.0757. The van der Waals surface area contributed by atoms with Gasteiger partial charge in [0.15, 0.2) is 11.6 Å². The van der Waals surface area contributed by atoms with Crippen molar-refractivity contribution in [3.8, 4) is 23.1 Å². The van der Waals surface area contributed by atoms with Crippen LogP contribution in [-0.2, 0) is 0 Å². The Morgan fingerprint density at radius 1 is 1.15 bits per heavy atom. The average Bonchev–Trinajstić information content (AvgIpc) is 3.59. The highest BCUT2D eigenvalue weighted by atomic mass is 35.5. The topological polar surface area (TPSA) is 94.0 Å². The average molecular weight is 566 g/mol. The molecule has 3 aromatic heterocycles. The van der Waals surface area contributed by atoms with E-state index in [9.17, 15) is 5.26 Å². The molecule has 2 saturated heterocycles. The third kappa shape index (κ3) is 4.46. The second kappa shape index (κ2) is 9.94. The van der Waals surface area contributed by atoms with Crippen LogP contribution in [0.3, 0.4) is 0 Å². The highest BCUT2D eigenvalue weighted by Crippen LogP contribution is 2.39. The molecular formula is C28H26Cl2FN7O. The molecule has 0 aliphatic carbocycles. The van der Waals surface area contributed by atoms with E-state index in [0.29, 0.717) is 43.8 Å². The van der Waals surface area contributed by atoms with E-state index in [1.54, 1.807) is 25.3 Å². The van der Waals surface area contributed by atoms with Crippen molar-refractivity contribution >= 4 is 39.9 Å². The van der Waals surface area contributed by atoms with Crippen LogP contribution in [0.4, 0.5) is 10.2 Å². The van der Waals surface area contributed by atoms with Gasteiger partial charge in [-0.3, -0.25) is 15.0 Å². The van der Waals surface area contributed by atoms with Crippen molar-refractivity contribution in [3.05, 3.63) is 63.8 Å². The van der Waals surface area contributed by atoms with Crippen molar-refractivity contribution < 1.29 is 9.13 Å². The summed E-state index contributed by atoms with van der Waals surface area (Å²) < 4.78 is 21.8. The third-order valence-corrected chi connectivity index (χ3v) is 8.33. The Bertz CT molecular complexity index is 1590. The van der Waals surface area contributed by atoms with Gasteiger partial charge in [-0.25, -0.2) is 9.37 Å². The summed E-state index contributed by atoms with van der Waals surface area (Å²) in [6.45, 7) is 7.88. The molecule has 11 heteroatoms. The van der Waals surface area contributed by atoms with Crippen LogP contribution in [0.25, 0.3) is 22.2 Å². The number of rotatable bonds is 6. The number of fused-ring (bicyclic) bond motifs is 1. The molecule has 39 heavy (non-hydrogen) atoms. The molecule has 2 aliphatic heterocycles. The number of pyridine rings is 2. The Morgan fingerprint density at radius 3 is 2.56 bits per heavy atom. The van der Waals surface area contributed by atoms with Crippen LogP contribution in [0.5, 0.6) is 5.75 Å². The number of aromatic amines is 1. The quantitative estimate of drug-likeness (QED) is 0.299. The number of halogens is 3. The van der Waals surface area contributed by atoms with E-state index < -0.39 is 11.9 Å². The molecule has 1 N–H and O–H groups in total. The molecule has 2 fully saturated rings. The Morgan fingerprint density at radius 2 is 1.87 bits per heavy atom. The number of nitrogens with one attached hydrogen (secondary N) is 1. The van der Waals surface area contributed by atoms with Gasteiger partial charge in [0.05, 0.1) is 32.1 Å². The lowest BCUT2D eigenvalue weighted by Gasteiger charge is -2.53. The first-order chi connectivity index (χ1) is 18.8. The van der Waals surface area contributed by atoms with Gasteiger partial charge in [-0.15, -0.1) is 0 Å². The van der Waals surface area contributed by atoms with Gasteiger partial charge in [-0.2, -0.15) is 10.4 Å². The summed E-state index contributed by atoms with van der Waals surface area (Å²) >= 11 is 12.5. The second-order valence-electron chi connectivity index (χ2n) is 10.4. The number of H-pyrrole nitrogens is 1. The number of nitrogens with zero attached hydrogens (tertiary/aromatic N) is 6. The van der Waals surface area contributed by atoms with Gasteiger partial charge in [0.2, 0.25) is 0 Å². The van der Waals surface area contributed by atoms with E-state index in [2.05, 4.69) is 43.0 Å². The Labute approximate surface area is 235 Å². The highest BCUT2D eigenvalue weighted by molar-refractivity contribution is 6.35. The van der Waals surface area contributed by atoms with E-state index in [0.717, 1.165) is 26.2 Å². The smallest absolute Gasteiger partial charge is 0.176 e. The minimum atomic E-state index is -0.635. The Hall–Kier alpha value is -3.45. The fourth-order valence-corrected chi connectivity index (χ4v) is 6.39. The van der Waals surface area contributed by atoms with Crippen molar-refractivity contribution in [2.75, 3.05) is 31.1 Å². The van der Waals surface area contributed by atoms with E-state index in [1.807, 2.05) is 0 Å². The Kier molecular flexibility index (Phi) is 6.58. The number of likely N-dealkylation sites (tertiary alicyclic amines) is 1. The number of nitriles is 1. The summed E-state index contributed by atoms with van der Waals surface area (Å²) in [5, 5.41) is 18.1. The number of hydrogen-bond donors (Lipinski definition) is 1. The van der Waals surface area contributed by atoms with Crippen molar-refractivity contribution in [2.24, 2.45) is 0 Å². The minimum Gasteiger partial charge on any atom is -0.483 e. The molecule has 1 atom stereocenters. The normalized spacial score (nSPS) is 17.7. The second-order valence-corrected chi connectivity index (χ2v) is 11.2. The number of ether oxygens (including phenoxy) is 1. The zero-order valence-electron chi connectivity index (χ0n) is 21.5. The fourth-order valence-electron chi connectivity index (χ4n) is 5.72. The van der Waals surface area contributed by atoms with Crippen LogP contribution in [0.1, 0.15) is 43.9 Å². The molecule has 0 bridgehead atoms. The van der Waals surface area contributed by atoms with Crippen LogP contribution < -0.4 is 9.64 Å². The van der Waals surface area contributed by atoms with E-state index in [1.165, 1.54) is 31.3 Å². The van der Waals surface area contributed by atoms with Crippen molar-refractivity contribution in [1.82, 2.24) is 25.1 Å². The summed E-state index contributed by atoms with van der Waals surface area (Å²) in [6.07, 6.45) is 6.40. The first-order valence-electron chi connectivity index (χ1n) is 12.8.